The quantitative estimate of drug-likeness (QED) is 0.0569. The Morgan fingerprint density at radius 1 is 0.806 bits per heavy atom. The molecule has 0 aromatic heterocycles. The topological polar surface area (TPSA) is 279 Å². The smallest absolute Gasteiger partial charge is 0.331 e. The van der Waals surface area contributed by atoms with Crippen molar-refractivity contribution < 1.29 is 93.4 Å². The Hall–Kier alpha value is -1.92. The number of ether oxygens (including phenoxy) is 7. The number of aliphatic hydroxyl groups excluding tert-OH is 7. The third-order valence-corrected chi connectivity index (χ3v) is 16.4. The van der Waals surface area contributed by atoms with Gasteiger partial charge >= 0.3 is 11.9 Å². The minimum atomic E-state index is -1.81. The van der Waals surface area contributed by atoms with Crippen molar-refractivity contribution in [3.05, 3.63) is 11.6 Å². The summed E-state index contributed by atoms with van der Waals surface area (Å²) in [6.45, 7) is 6.65. The fraction of sp³-hybridized carbons (Fsp3) is 0.907. The zero-order valence-corrected chi connectivity index (χ0v) is 35.8. The van der Waals surface area contributed by atoms with Crippen molar-refractivity contribution in [1.29, 1.82) is 0 Å². The van der Waals surface area contributed by atoms with Crippen molar-refractivity contribution in [2.45, 2.75) is 190 Å². The van der Waals surface area contributed by atoms with Crippen LogP contribution in [0.15, 0.2) is 11.6 Å². The normalized spacial score (nSPS) is 51.7. The number of rotatable bonds is 11. The van der Waals surface area contributed by atoms with Crippen LogP contribution < -0.4 is 0 Å². The number of carbonyl (C=O) groups is 2. The Morgan fingerprint density at radius 2 is 1.52 bits per heavy atom. The number of esters is 2. The molecular formula is C43H66O19. The van der Waals surface area contributed by atoms with Gasteiger partial charge in [0.2, 0.25) is 6.29 Å². The van der Waals surface area contributed by atoms with Gasteiger partial charge in [-0.3, -0.25) is 4.79 Å². The van der Waals surface area contributed by atoms with Crippen LogP contribution in [0.25, 0.3) is 0 Å². The highest BCUT2D eigenvalue weighted by Crippen LogP contribution is 2.70. The van der Waals surface area contributed by atoms with Crippen molar-refractivity contribution in [2.75, 3.05) is 19.8 Å². The SMILES string of the molecule is CC(=O)O[C@H]1C[C@H](O[C@H]2CC[C@@]3(C)[C@H](CC[C@@H]4[C@@H]3CC[C@]3(C)[C@@H](C5=CC(=O)OC5)CC[C@]43O)C2)O[C@H](C)[C@H]1OO[C@@H]1O[C@H](CO[C@@H]2O[C@H](CO)[C@@H](O)[C@H](O)[C@H]2O)[C@@H](O)[C@H](O)[C@H]1O. The van der Waals surface area contributed by atoms with Gasteiger partial charge < -0.3 is 74.0 Å². The lowest BCUT2D eigenvalue weighted by Gasteiger charge is -2.64. The monoisotopic (exact) mass is 886 g/mol. The Kier molecular flexibility index (Phi) is 13.6. The third kappa shape index (κ3) is 8.29. The summed E-state index contributed by atoms with van der Waals surface area (Å²) in [6, 6.07) is 0. The van der Waals surface area contributed by atoms with Crippen LogP contribution in [0.4, 0.5) is 0 Å². The van der Waals surface area contributed by atoms with Crippen LogP contribution in [0.1, 0.15) is 91.9 Å². The van der Waals surface area contributed by atoms with Crippen molar-refractivity contribution in [3.8, 4) is 0 Å². The molecule has 22 atom stereocenters. The summed E-state index contributed by atoms with van der Waals surface area (Å²) in [6.07, 6.45) is -10.1. The van der Waals surface area contributed by atoms with Crippen LogP contribution in [0.2, 0.25) is 0 Å². The minimum absolute atomic E-state index is 0.0291. The summed E-state index contributed by atoms with van der Waals surface area (Å²) < 4.78 is 40.4. The van der Waals surface area contributed by atoms with Crippen molar-refractivity contribution in [3.63, 3.8) is 0 Å². The molecule has 0 spiro atoms. The maximum absolute atomic E-state index is 12.6. The average Bonchev–Trinajstić information content (AvgIpc) is 3.78. The molecular weight excluding hydrogens is 820 g/mol. The second kappa shape index (κ2) is 18.0. The highest BCUT2D eigenvalue weighted by molar-refractivity contribution is 5.85. The molecule has 3 saturated heterocycles. The van der Waals surface area contributed by atoms with E-state index in [0.29, 0.717) is 18.4 Å². The molecule has 0 amide bonds. The van der Waals surface area contributed by atoms with Crippen LogP contribution in [0, 0.1) is 34.5 Å². The van der Waals surface area contributed by atoms with E-state index in [-0.39, 0.29) is 41.2 Å². The summed E-state index contributed by atoms with van der Waals surface area (Å²) >= 11 is 0. The maximum Gasteiger partial charge on any atom is 0.331 e. The van der Waals surface area contributed by atoms with Gasteiger partial charge in [0, 0.05) is 24.8 Å². The molecule has 19 nitrogen and oxygen atoms in total. The molecule has 352 valence electrons. The first kappa shape index (κ1) is 46.6. The van der Waals surface area contributed by atoms with Gasteiger partial charge in [-0.1, -0.05) is 13.8 Å². The molecule has 7 fully saturated rings. The summed E-state index contributed by atoms with van der Waals surface area (Å²) in [5.41, 5.74) is -0.0508. The number of fused-ring (bicyclic) bond motifs is 5. The van der Waals surface area contributed by atoms with Crippen LogP contribution in [-0.2, 0) is 52.5 Å². The Bertz CT molecular complexity index is 1650. The van der Waals surface area contributed by atoms with Gasteiger partial charge in [0.25, 0.3) is 0 Å². The standard InChI is InChI=1S/C43H66O19/c1-19-38(61-62-40-37(52)35(50)33(48)29(60-40)18-55-39-36(51)34(49)32(47)28(16-44)59-39)27(57-20(2)45)15-31(56-19)58-23-7-10-41(3)22(14-23)5-6-26-25(41)8-11-42(4)24(9-12-43(26,42)53)21-13-30(46)54-17-21/h13,19,22-29,31-40,44,47-53H,5-12,14-18H2,1-4H3/t19-,22-,23+,24-,25+,26-,27+,28-,29-,31+,32-,33-,34+,35+,36-,37-,38-,39-,40+,41+,42-,43+/m1/s1. The van der Waals surface area contributed by atoms with Gasteiger partial charge in [-0.15, -0.1) is 0 Å². The molecule has 0 unspecified atom stereocenters. The molecule has 8 aliphatic rings. The molecule has 0 aromatic rings. The van der Waals surface area contributed by atoms with E-state index in [9.17, 15) is 50.4 Å². The molecule has 4 aliphatic carbocycles. The van der Waals surface area contributed by atoms with Gasteiger partial charge in [0.1, 0.15) is 61.5 Å². The molecule has 8 rings (SSSR count). The molecule has 19 heteroatoms. The lowest BCUT2D eigenvalue weighted by atomic mass is 9.43. The summed E-state index contributed by atoms with van der Waals surface area (Å²) in [5, 5.41) is 84.6. The van der Waals surface area contributed by atoms with Crippen LogP contribution in [0.3, 0.4) is 0 Å². The van der Waals surface area contributed by atoms with Gasteiger partial charge in [0.15, 0.2) is 18.7 Å². The lowest BCUT2D eigenvalue weighted by Crippen LogP contribution is -2.62. The average molecular weight is 887 g/mol. The van der Waals surface area contributed by atoms with Crippen molar-refractivity contribution >= 4 is 11.9 Å². The molecule has 8 N–H and O–H groups in total. The molecule has 4 heterocycles. The number of hydrogen-bond acceptors (Lipinski definition) is 19. The Morgan fingerprint density at radius 3 is 2.21 bits per heavy atom. The molecule has 0 bridgehead atoms. The molecule has 4 saturated carbocycles. The van der Waals surface area contributed by atoms with E-state index in [1.165, 1.54) is 6.92 Å². The Balaban J connectivity index is 0.858. The van der Waals surface area contributed by atoms with Gasteiger partial charge in [-0.2, -0.15) is 0 Å². The maximum atomic E-state index is 12.6. The summed E-state index contributed by atoms with van der Waals surface area (Å²) in [5.74, 6) is 0.201. The first-order chi connectivity index (χ1) is 29.4. The largest absolute Gasteiger partial charge is 0.459 e. The minimum Gasteiger partial charge on any atom is -0.459 e. The number of carbonyl (C=O) groups excluding carboxylic acids is 2. The van der Waals surface area contributed by atoms with Gasteiger partial charge in [-0.05, 0) is 99.4 Å². The fourth-order valence-corrected chi connectivity index (χ4v) is 12.9. The van der Waals surface area contributed by atoms with E-state index < -0.39 is 111 Å². The Labute approximate surface area is 360 Å². The third-order valence-electron chi connectivity index (χ3n) is 16.4. The van der Waals surface area contributed by atoms with Crippen molar-refractivity contribution in [2.24, 2.45) is 34.5 Å². The molecule has 0 aromatic carbocycles. The van der Waals surface area contributed by atoms with E-state index >= 15 is 0 Å². The zero-order chi connectivity index (χ0) is 44.5. The lowest BCUT2D eigenvalue weighted by molar-refractivity contribution is -0.460. The first-order valence-electron chi connectivity index (χ1n) is 22.4. The second-order valence-corrected chi connectivity index (χ2v) is 19.7. The number of hydrogen-bond donors (Lipinski definition) is 8. The molecule has 4 aliphatic heterocycles. The van der Waals surface area contributed by atoms with Crippen molar-refractivity contribution in [1.82, 2.24) is 0 Å². The molecule has 0 radical (unpaired) electrons. The molecule has 62 heavy (non-hydrogen) atoms. The van der Waals surface area contributed by atoms with Crippen LogP contribution >= 0.6 is 0 Å². The summed E-state index contributed by atoms with van der Waals surface area (Å²) in [7, 11) is 0. The van der Waals surface area contributed by atoms with Gasteiger partial charge in [0.05, 0.1) is 31.0 Å². The highest BCUT2D eigenvalue weighted by Gasteiger charge is 2.68. The van der Waals surface area contributed by atoms with Crippen LogP contribution in [-0.4, -0.2) is 170 Å². The predicted molar refractivity (Wildman–Crippen MR) is 207 cm³/mol. The predicted octanol–water partition coefficient (Wildman–Crippen LogP) is -0.364. The number of aliphatic hydroxyl groups is 8. The van der Waals surface area contributed by atoms with Crippen LogP contribution in [0.5, 0.6) is 0 Å². The highest BCUT2D eigenvalue weighted by atomic mass is 17.2. The van der Waals surface area contributed by atoms with E-state index in [1.54, 1.807) is 13.0 Å². The van der Waals surface area contributed by atoms with Gasteiger partial charge in [-0.25, -0.2) is 14.6 Å². The summed E-state index contributed by atoms with van der Waals surface area (Å²) in [4.78, 5) is 35.5. The fourth-order valence-electron chi connectivity index (χ4n) is 12.9. The number of cyclic esters (lactones) is 1. The van der Waals surface area contributed by atoms with E-state index in [1.807, 2.05) is 0 Å². The van der Waals surface area contributed by atoms with E-state index in [2.05, 4.69) is 13.8 Å². The first-order valence-corrected chi connectivity index (χ1v) is 22.4. The zero-order valence-electron chi connectivity index (χ0n) is 35.8. The van der Waals surface area contributed by atoms with E-state index in [0.717, 1.165) is 63.4 Å². The second-order valence-electron chi connectivity index (χ2n) is 19.7. The van der Waals surface area contributed by atoms with E-state index in [4.69, 9.17) is 42.9 Å².